The van der Waals surface area contributed by atoms with Crippen molar-refractivity contribution in [1.82, 2.24) is 5.32 Å². The monoisotopic (exact) mass is 307 g/mol. The first-order valence-electron chi connectivity index (χ1n) is 7.88. The number of hydrogen-bond acceptors (Lipinski definition) is 2. The predicted octanol–water partition coefficient (Wildman–Crippen LogP) is 3.84. The molecule has 23 heavy (non-hydrogen) atoms. The topological polar surface area (TPSA) is 38.3 Å². The molecule has 1 aliphatic heterocycles. The van der Waals surface area contributed by atoms with Gasteiger partial charge in [-0.1, -0.05) is 36.4 Å². The molecule has 2 aromatic rings. The SMILES string of the molecule is CC1(C)C=Cc2cc(C(=O)NCCc3ccccc3)ccc2O1. The Balaban J connectivity index is 1.62. The van der Waals surface area contributed by atoms with E-state index in [0.29, 0.717) is 12.1 Å². The van der Waals surface area contributed by atoms with Crippen LogP contribution < -0.4 is 10.1 Å². The summed E-state index contributed by atoms with van der Waals surface area (Å²) in [6.07, 6.45) is 4.85. The van der Waals surface area contributed by atoms with E-state index in [1.54, 1.807) is 0 Å². The third-order valence-electron chi connectivity index (χ3n) is 3.85. The first-order valence-corrected chi connectivity index (χ1v) is 7.88. The van der Waals surface area contributed by atoms with Crippen LogP contribution in [0.25, 0.3) is 6.08 Å². The van der Waals surface area contributed by atoms with Crippen LogP contribution in [0.5, 0.6) is 5.75 Å². The second-order valence-corrected chi connectivity index (χ2v) is 6.28. The Morgan fingerprint density at radius 1 is 1.13 bits per heavy atom. The van der Waals surface area contributed by atoms with Gasteiger partial charge in [-0.15, -0.1) is 0 Å². The van der Waals surface area contributed by atoms with Crippen molar-refractivity contribution >= 4 is 12.0 Å². The fraction of sp³-hybridized carbons (Fsp3) is 0.250. The fourth-order valence-electron chi connectivity index (χ4n) is 2.59. The summed E-state index contributed by atoms with van der Waals surface area (Å²) in [7, 11) is 0. The minimum atomic E-state index is -0.299. The molecule has 0 aromatic heterocycles. The van der Waals surface area contributed by atoms with E-state index in [4.69, 9.17) is 4.74 Å². The van der Waals surface area contributed by atoms with Gasteiger partial charge in [0.25, 0.3) is 5.91 Å². The van der Waals surface area contributed by atoms with E-state index in [-0.39, 0.29) is 11.5 Å². The van der Waals surface area contributed by atoms with Gasteiger partial charge in [0.05, 0.1) is 0 Å². The molecular weight excluding hydrogens is 286 g/mol. The fourth-order valence-corrected chi connectivity index (χ4v) is 2.59. The van der Waals surface area contributed by atoms with Crippen LogP contribution in [0.15, 0.2) is 54.6 Å². The van der Waals surface area contributed by atoms with Crippen molar-refractivity contribution in [3.8, 4) is 5.75 Å². The highest BCUT2D eigenvalue weighted by Crippen LogP contribution is 2.31. The second kappa shape index (κ2) is 6.29. The zero-order valence-electron chi connectivity index (χ0n) is 13.5. The first-order chi connectivity index (χ1) is 11.0. The van der Waals surface area contributed by atoms with Crippen molar-refractivity contribution in [2.24, 2.45) is 0 Å². The van der Waals surface area contributed by atoms with Crippen molar-refractivity contribution in [2.45, 2.75) is 25.9 Å². The Morgan fingerprint density at radius 3 is 2.70 bits per heavy atom. The van der Waals surface area contributed by atoms with E-state index in [9.17, 15) is 4.79 Å². The Morgan fingerprint density at radius 2 is 1.91 bits per heavy atom. The molecule has 1 aliphatic rings. The maximum absolute atomic E-state index is 12.3. The van der Waals surface area contributed by atoms with Gasteiger partial charge in [0.1, 0.15) is 11.4 Å². The number of carbonyl (C=O) groups is 1. The Bertz CT molecular complexity index is 733. The second-order valence-electron chi connectivity index (χ2n) is 6.28. The molecule has 2 aromatic carbocycles. The summed E-state index contributed by atoms with van der Waals surface area (Å²) in [6.45, 7) is 4.65. The Labute approximate surface area is 137 Å². The van der Waals surface area contributed by atoms with Gasteiger partial charge in [-0.05, 0) is 50.1 Å². The van der Waals surface area contributed by atoms with Crippen LogP contribution in [0.2, 0.25) is 0 Å². The number of fused-ring (bicyclic) bond motifs is 1. The third kappa shape index (κ3) is 3.81. The molecule has 0 aliphatic carbocycles. The van der Waals surface area contributed by atoms with Crippen LogP contribution in [0, 0.1) is 0 Å². The predicted molar refractivity (Wildman–Crippen MR) is 92.7 cm³/mol. The number of benzene rings is 2. The zero-order chi connectivity index (χ0) is 16.3. The van der Waals surface area contributed by atoms with E-state index in [1.165, 1.54) is 5.56 Å². The molecule has 0 bridgehead atoms. The van der Waals surface area contributed by atoms with Crippen LogP contribution in [0.4, 0.5) is 0 Å². The van der Waals surface area contributed by atoms with E-state index in [2.05, 4.69) is 17.4 Å². The van der Waals surface area contributed by atoms with E-state index < -0.39 is 0 Å². The van der Waals surface area contributed by atoms with Crippen molar-refractivity contribution < 1.29 is 9.53 Å². The van der Waals surface area contributed by atoms with Gasteiger partial charge < -0.3 is 10.1 Å². The van der Waals surface area contributed by atoms with Crippen molar-refractivity contribution in [3.63, 3.8) is 0 Å². The molecule has 0 saturated carbocycles. The Hall–Kier alpha value is -2.55. The minimum absolute atomic E-state index is 0.0537. The average molecular weight is 307 g/mol. The van der Waals surface area contributed by atoms with Gasteiger partial charge in [0.15, 0.2) is 0 Å². The number of carbonyl (C=O) groups excluding carboxylic acids is 1. The highest BCUT2D eigenvalue weighted by atomic mass is 16.5. The number of nitrogens with one attached hydrogen (secondary N) is 1. The van der Waals surface area contributed by atoms with E-state index in [1.807, 2.05) is 62.4 Å². The third-order valence-corrected chi connectivity index (χ3v) is 3.85. The van der Waals surface area contributed by atoms with Crippen molar-refractivity contribution in [3.05, 3.63) is 71.3 Å². The minimum Gasteiger partial charge on any atom is -0.483 e. The number of rotatable bonds is 4. The van der Waals surface area contributed by atoms with Gasteiger partial charge in [0, 0.05) is 17.7 Å². The van der Waals surface area contributed by atoms with Crippen molar-refractivity contribution in [2.75, 3.05) is 6.54 Å². The normalized spacial score (nSPS) is 14.7. The summed E-state index contributed by atoms with van der Waals surface area (Å²) in [5, 5.41) is 2.97. The molecule has 0 saturated heterocycles. The van der Waals surface area contributed by atoms with Gasteiger partial charge in [0.2, 0.25) is 0 Å². The van der Waals surface area contributed by atoms with Crippen LogP contribution in [-0.4, -0.2) is 18.1 Å². The van der Waals surface area contributed by atoms with Gasteiger partial charge in [-0.2, -0.15) is 0 Å². The molecular formula is C20H21NO2. The highest BCUT2D eigenvalue weighted by Gasteiger charge is 2.22. The van der Waals surface area contributed by atoms with Gasteiger partial charge >= 0.3 is 0 Å². The maximum atomic E-state index is 12.3. The quantitative estimate of drug-likeness (QED) is 0.932. The smallest absolute Gasteiger partial charge is 0.251 e. The molecule has 0 radical (unpaired) electrons. The van der Waals surface area contributed by atoms with E-state index in [0.717, 1.165) is 17.7 Å². The highest BCUT2D eigenvalue weighted by molar-refractivity contribution is 5.95. The largest absolute Gasteiger partial charge is 0.483 e. The summed E-state index contributed by atoms with van der Waals surface area (Å²) < 4.78 is 5.87. The first kappa shape index (κ1) is 15.3. The standard InChI is InChI=1S/C20H21NO2/c1-20(2)12-10-16-14-17(8-9-18(16)23-20)19(22)21-13-11-15-6-4-3-5-7-15/h3-10,12,14H,11,13H2,1-2H3,(H,21,22). The van der Waals surface area contributed by atoms with Crippen LogP contribution in [0.3, 0.4) is 0 Å². The molecule has 0 atom stereocenters. The number of amides is 1. The molecule has 0 fully saturated rings. The Kier molecular flexibility index (Phi) is 4.20. The molecule has 1 amide bonds. The summed E-state index contributed by atoms with van der Waals surface area (Å²) in [5.41, 5.74) is 2.52. The number of hydrogen-bond donors (Lipinski definition) is 1. The summed E-state index contributed by atoms with van der Waals surface area (Å²) in [4.78, 5) is 12.3. The lowest BCUT2D eigenvalue weighted by atomic mass is 10.0. The molecule has 3 heteroatoms. The van der Waals surface area contributed by atoms with Crippen LogP contribution >= 0.6 is 0 Å². The summed E-state index contributed by atoms with van der Waals surface area (Å²) >= 11 is 0. The molecule has 1 N–H and O–H groups in total. The number of ether oxygens (including phenoxy) is 1. The molecule has 1 heterocycles. The van der Waals surface area contributed by atoms with E-state index >= 15 is 0 Å². The van der Waals surface area contributed by atoms with Crippen LogP contribution in [0.1, 0.15) is 35.3 Å². The maximum Gasteiger partial charge on any atom is 0.251 e. The van der Waals surface area contributed by atoms with Gasteiger partial charge in [-0.25, -0.2) is 0 Å². The average Bonchev–Trinajstić information content (AvgIpc) is 2.54. The van der Waals surface area contributed by atoms with Gasteiger partial charge in [-0.3, -0.25) is 4.79 Å². The zero-order valence-corrected chi connectivity index (χ0v) is 13.5. The lowest BCUT2D eigenvalue weighted by molar-refractivity contribution is 0.0954. The lowest BCUT2D eigenvalue weighted by Crippen LogP contribution is -2.28. The molecule has 0 spiro atoms. The molecule has 3 rings (SSSR count). The molecule has 118 valence electrons. The summed E-state index contributed by atoms with van der Waals surface area (Å²) in [5.74, 6) is 0.764. The summed E-state index contributed by atoms with van der Waals surface area (Å²) in [6, 6.07) is 15.7. The van der Waals surface area contributed by atoms with Crippen LogP contribution in [-0.2, 0) is 6.42 Å². The molecule has 0 unspecified atom stereocenters. The molecule has 3 nitrogen and oxygen atoms in total. The van der Waals surface area contributed by atoms with Crippen molar-refractivity contribution in [1.29, 1.82) is 0 Å². The lowest BCUT2D eigenvalue weighted by Gasteiger charge is -2.27.